The molecule has 1 heterocycles. The van der Waals surface area contributed by atoms with Crippen LogP contribution in [0.1, 0.15) is 5.56 Å². The highest BCUT2D eigenvalue weighted by molar-refractivity contribution is 7.99. The molecule has 0 amide bonds. The smallest absolute Gasteiger partial charge is 0.171 e. The van der Waals surface area contributed by atoms with Crippen molar-refractivity contribution in [1.29, 1.82) is 0 Å². The van der Waals surface area contributed by atoms with Gasteiger partial charge >= 0.3 is 0 Å². The number of fused-ring (bicyclic) bond motifs is 1. The summed E-state index contributed by atoms with van der Waals surface area (Å²) in [6, 6.07) is 12.3. The van der Waals surface area contributed by atoms with E-state index in [4.69, 9.17) is 0 Å². The van der Waals surface area contributed by atoms with Gasteiger partial charge in [0.2, 0.25) is 0 Å². The van der Waals surface area contributed by atoms with E-state index in [0.717, 1.165) is 11.0 Å². The van der Waals surface area contributed by atoms with E-state index in [9.17, 15) is 9.50 Å². The zero-order valence-corrected chi connectivity index (χ0v) is 10.7. The summed E-state index contributed by atoms with van der Waals surface area (Å²) in [5, 5.41) is 9.86. The first-order chi connectivity index (χ1) is 9.28. The Morgan fingerprint density at radius 2 is 2.00 bits per heavy atom. The first kappa shape index (κ1) is 12.2. The number of aromatic nitrogens is 2. The molecule has 0 spiro atoms. The number of aromatic amines is 1. The lowest BCUT2D eigenvalue weighted by atomic mass is 10.2. The number of nitrogens with one attached hydrogen (secondary N) is 1. The Hall–Kier alpha value is -1.85. The van der Waals surface area contributed by atoms with Gasteiger partial charge in [-0.15, -0.1) is 0 Å². The molecule has 0 aliphatic carbocycles. The van der Waals surface area contributed by atoms with Crippen molar-refractivity contribution in [3.8, 4) is 0 Å². The van der Waals surface area contributed by atoms with Gasteiger partial charge in [0.15, 0.2) is 5.16 Å². The van der Waals surface area contributed by atoms with Crippen LogP contribution in [0.15, 0.2) is 52.5 Å². The molecule has 0 saturated carbocycles. The number of benzene rings is 2. The lowest BCUT2D eigenvalue weighted by Gasteiger charge is -2.05. The average molecular weight is 274 g/mol. The third kappa shape index (κ3) is 2.34. The van der Waals surface area contributed by atoms with Crippen molar-refractivity contribution in [3.05, 3.63) is 53.8 Å². The number of H-pyrrole nitrogens is 1. The molecule has 0 saturated heterocycles. The Bertz CT molecular complexity index is 693. The van der Waals surface area contributed by atoms with E-state index in [0.29, 0.717) is 15.6 Å². The van der Waals surface area contributed by atoms with Gasteiger partial charge in [-0.2, -0.15) is 0 Å². The van der Waals surface area contributed by atoms with E-state index >= 15 is 0 Å². The van der Waals surface area contributed by atoms with Gasteiger partial charge in [0.1, 0.15) is 5.82 Å². The largest absolute Gasteiger partial charge is 0.392 e. The van der Waals surface area contributed by atoms with Gasteiger partial charge < -0.3 is 10.1 Å². The van der Waals surface area contributed by atoms with E-state index in [1.54, 1.807) is 12.1 Å². The number of nitrogens with zero attached hydrogens (tertiary/aromatic N) is 1. The number of halogens is 1. The van der Waals surface area contributed by atoms with Crippen LogP contribution in [-0.4, -0.2) is 15.1 Å². The predicted molar refractivity (Wildman–Crippen MR) is 72.5 cm³/mol. The summed E-state index contributed by atoms with van der Waals surface area (Å²) in [5.41, 5.74) is 2.31. The number of hydrogen-bond donors (Lipinski definition) is 2. The van der Waals surface area contributed by atoms with Gasteiger partial charge in [-0.05, 0) is 35.5 Å². The molecule has 0 bridgehead atoms. The summed E-state index contributed by atoms with van der Waals surface area (Å²) in [4.78, 5) is 7.92. The molecule has 2 N–H and O–H groups in total. The van der Waals surface area contributed by atoms with Crippen molar-refractivity contribution < 1.29 is 9.50 Å². The third-order valence-electron chi connectivity index (χ3n) is 2.79. The molecule has 3 aromatic rings. The quantitative estimate of drug-likeness (QED) is 0.770. The van der Waals surface area contributed by atoms with Crippen LogP contribution in [0.3, 0.4) is 0 Å². The summed E-state index contributed by atoms with van der Waals surface area (Å²) in [7, 11) is 0. The Balaban J connectivity index is 2.01. The second kappa shape index (κ2) is 5.03. The lowest BCUT2D eigenvalue weighted by molar-refractivity contribution is 0.277. The minimum Gasteiger partial charge on any atom is -0.392 e. The van der Waals surface area contributed by atoms with Crippen molar-refractivity contribution in [2.24, 2.45) is 0 Å². The number of rotatable bonds is 3. The van der Waals surface area contributed by atoms with Crippen molar-refractivity contribution in [3.63, 3.8) is 0 Å². The molecule has 1 aromatic heterocycles. The van der Waals surface area contributed by atoms with Crippen LogP contribution in [0.25, 0.3) is 11.0 Å². The standard InChI is InChI=1S/C14H11FN2OS/c15-10-5-3-4-9(8-18)13(10)19-14-16-11-6-1-2-7-12(11)17-14/h1-7,18H,8H2,(H,16,17). The van der Waals surface area contributed by atoms with Crippen LogP contribution in [-0.2, 0) is 6.61 Å². The summed E-state index contributed by atoms with van der Waals surface area (Å²) in [6.07, 6.45) is 0. The summed E-state index contributed by atoms with van der Waals surface area (Å²) in [6.45, 7) is -0.194. The summed E-state index contributed by atoms with van der Waals surface area (Å²) < 4.78 is 13.8. The molecule has 5 heteroatoms. The van der Waals surface area contributed by atoms with Gasteiger partial charge in [0, 0.05) is 0 Å². The van der Waals surface area contributed by atoms with Crippen LogP contribution in [0, 0.1) is 5.82 Å². The molecule has 19 heavy (non-hydrogen) atoms. The van der Waals surface area contributed by atoms with Gasteiger partial charge in [0.25, 0.3) is 0 Å². The molecule has 0 unspecified atom stereocenters. The average Bonchev–Trinajstić information content (AvgIpc) is 2.83. The van der Waals surface area contributed by atoms with E-state index in [1.165, 1.54) is 17.8 Å². The third-order valence-corrected chi connectivity index (χ3v) is 3.83. The Morgan fingerprint density at radius 3 is 2.79 bits per heavy atom. The second-order valence-electron chi connectivity index (χ2n) is 4.05. The zero-order chi connectivity index (χ0) is 13.2. The number of imidazole rings is 1. The number of para-hydroxylation sites is 2. The molecule has 96 valence electrons. The first-order valence-electron chi connectivity index (χ1n) is 5.79. The molecule has 2 aromatic carbocycles. The number of aliphatic hydroxyl groups is 1. The van der Waals surface area contributed by atoms with Crippen LogP contribution in [0.5, 0.6) is 0 Å². The van der Waals surface area contributed by atoms with E-state index in [-0.39, 0.29) is 12.4 Å². The van der Waals surface area contributed by atoms with Crippen LogP contribution < -0.4 is 0 Å². The fourth-order valence-corrected chi connectivity index (χ4v) is 2.79. The molecule has 0 radical (unpaired) electrons. The molecule has 0 fully saturated rings. The van der Waals surface area contributed by atoms with Crippen LogP contribution >= 0.6 is 11.8 Å². The lowest BCUT2D eigenvalue weighted by Crippen LogP contribution is -1.91. The Labute approximate surface area is 113 Å². The molecule has 0 atom stereocenters. The predicted octanol–water partition coefficient (Wildman–Crippen LogP) is 3.35. The molecule has 3 rings (SSSR count). The maximum absolute atomic E-state index is 13.8. The van der Waals surface area contributed by atoms with Crippen molar-refractivity contribution in [1.82, 2.24) is 9.97 Å². The minimum atomic E-state index is -0.350. The van der Waals surface area contributed by atoms with E-state index < -0.39 is 0 Å². The maximum atomic E-state index is 13.8. The highest BCUT2D eigenvalue weighted by Crippen LogP contribution is 2.32. The fourth-order valence-electron chi connectivity index (χ4n) is 1.87. The van der Waals surface area contributed by atoms with Gasteiger partial charge in [-0.1, -0.05) is 24.3 Å². The van der Waals surface area contributed by atoms with Gasteiger partial charge in [-0.3, -0.25) is 0 Å². The fraction of sp³-hybridized carbons (Fsp3) is 0.0714. The topological polar surface area (TPSA) is 48.9 Å². The molecule has 0 aliphatic rings. The number of aliphatic hydroxyl groups excluding tert-OH is 1. The minimum absolute atomic E-state index is 0.194. The SMILES string of the molecule is OCc1cccc(F)c1Sc1nc2ccccc2[nH]1. The van der Waals surface area contributed by atoms with Crippen LogP contribution in [0.4, 0.5) is 4.39 Å². The van der Waals surface area contributed by atoms with E-state index in [2.05, 4.69) is 9.97 Å². The normalized spacial score (nSPS) is 11.1. The second-order valence-corrected chi connectivity index (χ2v) is 5.05. The molecular weight excluding hydrogens is 263 g/mol. The highest BCUT2D eigenvalue weighted by atomic mass is 32.2. The maximum Gasteiger partial charge on any atom is 0.171 e. The summed E-state index contributed by atoms with van der Waals surface area (Å²) >= 11 is 1.19. The first-order valence-corrected chi connectivity index (χ1v) is 6.60. The molecular formula is C14H11FN2OS. The molecule has 3 nitrogen and oxygen atoms in total. The van der Waals surface area contributed by atoms with E-state index in [1.807, 2.05) is 24.3 Å². The monoisotopic (exact) mass is 274 g/mol. The van der Waals surface area contributed by atoms with Crippen LogP contribution in [0.2, 0.25) is 0 Å². The summed E-state index contributed by atoms with van der Waals surface area (Å²) in [5.74, 6) is -0.350. The Morgan fingerprint density at radius 1 is 1.16 bits per heavy atom. The van der Waals surface area contributed by atoms with Gasteiger partial charge in [0.05, 0.1) is 22.5 Å². The van der Waals surface area contributed by atoms with Crippen molar-refractivity contribution in [2.75, 3.05) is 0 Å². The van der Waals surface area contributed by atoms with Crippen molar-refractivity contribution >= 4 is 22.8 Å². The highest BCUT2D eigenvalue weighted by Gasteiger charge is 2.12. The number of hydrogen-bond acceptors (Lipinski definition) is 3. The zero-order valence-electron chi connectivity index (χ0n) is 9.93. The van der Waals surface area contributed by atoms with Gasteiger partial charge in [-0.25, -0.2) is 9.37 Å². The molecule has 0 aliphatic heterocycles. The van der Waals surface area contributed by atoms with Crippen molar-refractivity contribution in [2.45, 2.75) is 16.7 Å². The Kier molecular flexibility index (Phi) is 3.23.